The Bertz CT molecular complexity index is 258. The van der Waals surface area contributed by atoms with Gasteiger partial charge in [0, 0.05) is 6.92 Å². The van der Waals surface area contributed by atoms with Gasteiger partial charge in [0.2, 0.25) is 5.78 Å². The third-order valence-electron chi connectivity index (χ3n) is 2.11. The van der Waals surface area contributed by atoms with E-state index >= 15 is 0 Å². The normalized spacial score (nSPS) is 9.26. The molecule has 19 heavy (non-hydrogen) atoms. The molecule has 110 valence electrons. The van der Waals surface area contributed by atoms with Crippen LogP contribution in [-0.4, -0.2) is 45.3 Å². The zero-order valence-electron chi connectivity index (χ0n) is 12.6. The molecule has 0 amide bonds. The molecule has 0 fully saturated rings. The van der Waals surface area contributed by atoms with Crippen molar-refractivity contribution in [1.29, 1.82) is 0 Å². The van der Waals surface area contributed by atoms with Crippen molar-refractivity contribution in [3.05, 3.63) is 0 Å². The van der Waals surface area contributed by atoms with E-state index in [2.05, 4.69) is 18.6 Å². The van der Waals surface area contributed by atoms with Gasteiger partial charge in [0.25, 0.3) is 0 Å². The van der Waals surface area contributed by atoms with Gasteiger partial charge in [0.1, 0.15) is 6.61 Å². The van der Waals surface area contributed by atoms with Crippen LogP contribution < -0.4 is 0 Å². The molecule has 0 saturated heterocycles. The summed E-state index contributed by atoms with van der Waals surface area (Å²) in [6.07, 6.45) is 5.84. The molecule has 2 radical (unpaired) electrons. The maximum atomic E-state index is 10.3. The summed E-state index contributed by atoms with van der Waals surface area (Å²) in [5, 5.41) is 0. The molecule has 0 N–H and O–H groups in total. The Morgan fingerprint density at radius 3 is 1.74 bits per heavy atom. The summed E-state index contributed by atoms with van der Waals surface area (Å²) in [5.74, 6) is -1.94. The van der Waals surface area contributed by atoms with Gasteiger partial charge in [-0.1, -0.05) is 0 Å². The van der Waals surface area contributed by atoms with Crippen LogP contribution in [0.2, 0.25) is 8.87 Å². The quantitative estimate of drug-likeness (QED) is 0.268. The monoisotopic (exact) mass is 378 g/mol. The van der Waals surface area contributed by atoms with Crippen molar-refractivity contribution >= 4 is 38.7 Å². The number of ether oxygens (including phenoxy) is 1. The molecule has 0 spiro atoms. The molecule has 0 saturated carbocycles. The van der Waals surface area contributed by atoms with E-state index in [1.54, 1.807) is 8.87 Å². The topological polar surface area (TPSA) is 60.4 Å². The molecule has 0 rings (SSSR count). The van der Waals surface area contributed by atoms with Crippen molar-refractivity contribution in [3.63, 3.8) is 0 Å². The summed E-state index contributed by atoms with van der Waals surface area (Å²) in [5.41, 5.74) is 0. The van der Waals surface area contributed by atoms with E-state index in [0.29, 0.717) is 0 Å². The second-order valence-electron chi connectivity index (χ2n) is 4.29. The van der Waals surface area contributed by atoms with Crippen LogP contribution in [0.3, 0.4) is 0 Å². The summed E-state index contributed by atoms with van der Waals surface area (Å²) in [6, 6.07) is 0. The number of rotatable bonds is 9. The molecular weight excluding hydrogens is 351 g/mol. The number of ketones is 2. The van der Waals surface area contributed by atoms with Crippen LogP contribution >= 0.6 is 0 Å². The zero-order valence-corrected chi connectivity index (χ0v) is 15.4. The number of esters is 1. The van der Waals surface area contributed by atoms with Gasteiger partial charge in [-0.15, -0.1) is 0 Å². The molecule has 0 heterocycles. The van der Waals surface area contributed by atoms with Crippen LogP contribution in [0, 0.1) is 0 Å². The molecule has 0 atom stereocenters. The van der Waals surface area contributed by atoms with Gasteiger partial charge in [-0.2, -0.15) is 0 Å². The standard InChI is InChI=1S/C6H8O4.2C4H9.Sn/c1-4(7)3-10-6(9)5(2)8;2*1-3-4-2;/h3H2,1-2H3;2*1,3-4H2,2H3;. The Morgan fingerprint density at radius 2 is 1.42 bits per heavy atom. The number of carbonyl (C=O) groups is 3. The van der Waals surface area contributed by atoms with E-state index in [1.807, 2.05) is 0 Å². The molecule has 0 aliphatic heterocycles. The Labute approximate surface area is 126 Å². The van der Waals surface area contributed by atoms with Crippen molar-refractivity contribution in [2.45, 2.75) is 62.3 Å². The maximum absolute atomic E-state index is 10.3. The van der Waals surface area contributed by atoms with Gasteiger partial charge < -0.3 is 4.74 Å². The van der Waals surface area contributed by atoms with E-state index in [-0.39, 0.29) is 33.5 Å². The molecule has 4 nitrogen and oxygen atoms in total. The number of unbranched alkanes of at least 4 members (excludes halogenated alkanes) is 2. The Morgan fingerprint density at radius 1 is 0.947 bits per heavy atom. The average Bonchev–Trinajstić information content (AvgIpc) is 2.36. The number of Topliss-reactive ketones (excluding diaryl/α,β-unsaturated/α-hetero) is 2. The molecule has 0 aromatic rings. The SMILES string of the molecule is CC(=O)COC(=O)C(C)=O.CCC[CH2][Sn][CH2]CCC. The number of hydrogen-bond donors (Lipinski definition) is 0. The van der Waals surface area contributed by atoms with Crippen LogP contribution in [0.4, 0.5) is 0 Å². The van der Waals surface area contributed by atoms with Gasteiger partial charge in [0.15, 0.2) is 5.78 Å². The van der Waals surface area contributed by atoms with Crippen molar-refractivity contribution in [2.24, 2.45) is 0 Å². The Balaban J connectivity index is 0. The molecule has 0 aliphatic rings. The number of hydrogen-bond acceptors (Lipinski definition) is 4. The predicted molar refractivity (Wildman–Crippen MR) is 77.5 cm³/mol. The van der Waals surface area contributed by atoms with E-state index < -0.39 is 11.8 Å². The van der Waals surface area contributed by atoms with E-state index in [4.69, 9.17) is 0 Å². The molecular formula is C14H26O4Sn. The first-order valence-corrected chi connectivity index (χ1v) is 10.9. The average molecular weight is 377 g/mol. The van der Waals surface area contributed by atoms with Crippen LogP contribution in [0.1, 0.15) is 53.4 Å². The number of carbonyl (C=O) groups excluding carboxylic acids is 3. The van der Waals surface area contributed by atoms with Gasteiger partial charge >= 0.3 is 75.5 Å². The third-order valence-corrected chi connectivity index (χ3v) is 6.14. The third kappa shape index (κ3) is 20.1. The predicted octanol–water partition coefficient (Wildman–Crippen LogP) is 2.84. The summed E-state index contributed by atoms with van der Waals surface area (Å²) in [4.78, 5) is 30.7. The molecule has 0 aromatic heterocycles. The first-order chi connectivity index (χ1) is 8.95. The molecule has 5 heteroatoms. The minimum absolute atomic E-state index is 0.149. The zero-order chi connectivity index (χ0) is 15.1. The fourth-order valence-electron chi connectivity index (χ4n) is 0.997. The molecule has 0 aromatic carbocycles. The van der Waals surface area contributed by atoms with Crippen LogP contribution in [0.15, 0.2) is 0 Å². The van der Waals surface area contributed by atoms with Crippen LogP contribution in [-0.2, 0) is 19.1 Å². The van der Waals surface area contributed by atoms with E-state index in [9.17, 15) is 14.4 Å². The second kappa shape index (κ2) is 15.7. The summed E-state index contributed by atoms with van der Waals surface area (Å²) in [7, 11) is 0. The van der Waals surface area contributed by atoms with Crippen molar-refractivity contribution in [1.82, 2.24) is 0 Å². The van der Waals surface area contributed by atoms with Crippen LogP contribution in [0.25, 0.3) is 0 Å². The van der Waals surface area contributed by atoms with Gasteiger partial charge in [-0.25, -0.2) is 4.79 Å². The van der Waals surface area contributed by atoms with Crippen molar-refractivity contribution < 1.29 is 19.1 Å². The fraction of sp³-hybridized carbons (Fsp3) is 0.786. The summed E-state index contributed by atoms with van der Waals surface area (Å²) in [6.45, 7) is 6.62. The molecule has 0 unspecified atom stereocenters. The van der Waals surface area contributed by atoms with E-state index in [0.717, 1.165) is 6.92 Å². The first kappa shape index (κ1) is 20.9. The van der Waals surface area contributed by atoms with Gasteiger partial charge in [0.05, 0.1) is 0 Å². The Hall–Kier alpha value is -0.391. The summed E-state index contributed by atoms with van der Waals surface area (Å²) >= 11 is 0.149. The van der Waals surface area contributed by atoms with Gasteiger partial charge in [-0.3, -0.25) is 9.59 Å². The van der Waals surface area contributed by atoms with Crippen LogP contribution in [0.5, 0.6) is 0 Å². The van der Waals surface area contributed by atoms with Crippen molar-refractivity contribution in [3.8, 4) is 0 Å². The molecule has 0 aliphatic carbocycles. The fourth-order valence-corrected chi connectivity index (χ4v) is 5.16. The summed E-state index contributed by atoms with van der Waals surface area (Å²) < 4.78 is 7.48. The Kier molecular flexibility index (Phi) is 17.2. The second-order valence-corrected chi connectivity index (χ2v) is 8.57. The van der Waals surface area contributed by atoms with E-state index in [1.165, 1.54) is 32.6 Å². The first-order valence-electron chi connectivity index (χ1n) is 6.83. The molecule has 0 bridgehead atoms. The van der Waals surface area contributed by atoms with Crippen molar-refractivity contribution in [2.75, 3.05) is 6.61 Å². The van der Waals surface area contributed by atoms with Gasteiger partial charge in [-0.05, 0) is 6.92 Å². The minimum atomic E-state index is -0.963.